The molecule has 0 spiro atoms. The van der Waals surface area contributed by atoms with Crippen LogP contribution in [0.3, 0.4) is 0 Å². The van der Waals surface area contributed by atoms with Gasteiger partial charge in [0.05, 0.1) is 12.3 Å². The molecule has 0 saturated carbocycles. The van der Waals surface area contributed by atoms with Gasteiger partial charge in [-0.25, -0.2) is 0 Å². The molecule has 0 aliphatic carbocycles. The zero-order valence-corrected chi connectivity index (χ0v) is 11.9. The smallest absolute Gasteiger partial charge is 0.323 e. The first-order valence-electron chi connectivity index (χ1n) is 6.18. The number of aryl methyl sites for hydroxylation is 1. The van der Waals surface area contributed by atoms with Crippen LogP contribution in [0.2, 0.25) is 0 Å². The van der Waals surface area contributed by atoms with Gasteiger partial charge in [0.1, 0.15) is 6.54 Å². The largest absolute Gasteiger partial charge is 0.480 e. The topological polar surface area (TPSA) is 57.6 Å². The van der Waals surface area contributed by atoms with Crippen molar-refractivity contribution in [3.63, 3.8) is 0 Å². The minimum atomic E-state index is -1.05. The first-order valence-corrected chi connectivity index (χ1v) is 7.33. The molecule has 1 aromatic carbocycles. The lowest BCUT2D eigenvalue weighted by molar-refractivity contribution is -0.143. The lowest BCUT2D eigenvalue weighted by Crippen LogP contribution is -2.37. The zero-order valence-electron chi connectivity index (χ0n) is 11.1. The Morgan fingerprint density at radius 2 is 2.00 bits per heavy atom. The molecule has 0 fully saturated rings. The first kappa shape index (κ1) is 16.1. The Hall–Kier alpha value is -1.93. The van der Waals surface area contributed by atoms with Gasteiger partial charge in [-0.3, -0.25) is 9.59 Å². The van der Waals surface area contributed by atoms with E-state index in [1.165, 1.54) is 22.2 Å². The summed E-state index contributed by atoms with van der Waals surface area (Å²) in [5.41, 5.74) is 1.22. The molecule has 5 heteroatoms. The van der Waals surface area contributed by atoms with Crippen LogP contribution in [-0.4, -0.2) is 46.5 Å². The highest BCUT2D eigenvalue weighted by Crippen LogP contribution is 2.08. The van der Waals surface area contributed by atoms with Crippen LogP contribution in [0.15, 0.2) is 30.3 Å². The second kappa shape index (κ2) is 9.05. The monoisotopic (exact) mass is 291 g/mol. The van der Waals surface area contributed by atoms with Crippen molar-refractivity contribution in [2.45, 2.75) is 6.42 Å². The lowest BCUT2D eigenvalue weighted by Gasteiger charge is -2.17. The molecule has 0 aromatic heterocycles. The lowest BCUT2D eigenvalue weighted by atomic mass is 10.2. The van der Waals surface area contributed by atoms with E-state index in [4.69, 9.17) is 11.5 Å². The van der Waals surface area contributed by atoms with Crippen molar-refractivity contribution in [2.75, 3.05) is 24.6 Å². The van der Waals surface area contributed by atoms with Crippen LogP contribution in [0.25, 0.3) is 0 Å². The molecule has 106 valence electrons. The van der Waals surface area contributed by atoms with Gasteiger partial charge in [-0.15, -0.1) is 6.42 Å². The molecule has 1 rings (SSSR count). The Labute approximate surface area is 123 Å². The molecule has 0 saturated heterocycles. The summed E-state index contributed by atoms with van der Waals surface area (Å²) in [6.45, 7) is -0.313. The predicted octanol–water partition coefficient (Wildman–Crippen LogP) is 1.51. The van der Waals surface area contributed by atoms with Crippen LogP contribution >= 0.6 is 11.8 Å². The van der Waals surface area contributed by atoms with Crippen LogP contribution in [0.5, 0.6) is 0 Å². The molecule has 0 atom stereocenters. The van der Waals surface area contributed by atoms with E-state index < -0.39 is 5.97 Å². The van der Waals surface area contributed by atoms with Gasteiger partial charge in [0.2, 0.25) is 5.91 Å². The molecular weight excluding hydrogens is 274 g/mol. The summed E-state index contributed by atoms with van der Waals surface area (Å²) >= 11 is 1.48. The standard InChI is InChI=1S/C15H17NO3S/c1-2-9-16(11-15(18)19)14(17)12-20-10-8-13-6-4-3-5-7-13/h1,3-7H,8-12H2,(H,18,19). The van der Waals surface area contributed by atoms with E-state index >= 15 is 0 Å². The number of carbonyl (C=O) groups is 2. The van der Waals surface area contributed by atoms with Crippen molar-refractivity contribution < 1.29 is 14.7 Å². The number of nitrogens with zero attached hydrogens (tertiary/aromatic N) is 1. The fraction of sp³-hybridized carbons (Fsp3) is 0.333. The zero-order chi connectivity index (χ0) is 14.8. The number of amides is 1. The fourth-order valence-electron chi connectivity index (χ4n) is 1.59. The van der Waals surface area contributed by atoms with Crippen molar-refractivity contribution in [1.82, 2.24) is 4.90 Å². The summed E-state index contributed by atoms with van der Waals surface area (Å²) in [6, 6.07) is 10.00. The normalized spacial score (nSPS) is 9.75. The average molecular weight is 291 g/mol. The molecule has 0 radical (unpaired) electrons. The van der Waals surface area contributed by atoms with Crippen LogP contribution in [-0.2, 0) is 16.0 Å². The van der Waals surface area contributed by atoms with E-state index in [0.29, 0.717) is 0 Å². The Morgan fingerprint density at radius 1 is 1.30 bits per heavy atom. The first-order chi connectivity index (χ1) is 9.63. The van der Waals surface area contributed by atoms with E-state index in [9.17, 15) is 9.59 Å². The third kappa shape index (κ3) is 6.30. The minimum Gasteiger partial charge on any atom is -0.480 e. The van der Waals surface area contributed by atoms with Gasteiger partial charge in [0, 0.05) is 0 Å². The highest BCUT2D eigenvalue weighted by Gasteiger charge is 2.15. The molecule has 1 amide bonds. The molecule has 0 heterocycles. The summed E-state index contributed by atoms with van der Waals surface area (Å²) < 4.78 is 0. The number of thioether (sulfide) groups is 1. The number of rotatable bonds is 8. The van der Waals surface area contributed by atoms with Crippen molar-refractivity contribution in [3.05, 3.63) is 35.9 Å². The molecule has 1 aromatic rings. The number of hydrogen-bond acceptors (Lipinski definition) is 3. The average Bonchev–Trinajstić information content (AvgIpc) is 2.43. The number of benzene rings is 1. The van der Waals surface area contributed by atoms with Gasteiger partial charge in [0.25, 0.3) is 0 Å². The summed E-state index contributed by atoms with van der Waals surface area (Å²) in [4.78, 5) is 23.6. The van der Waals surface area contributed by atoms with Crippen molar-refractivity contribution in [3.8, 4) is 12.3 Å². The summed E-state index contributed by atoms with van der Waals surface area (Å²) in [5.74, 6) is 2.08. The fourth-order valence-corrected chi connectivity index (χ4v) is 2.47. The molecule has 1 N–H and O–H groups in total. The highest BCUT2D eigenvalue weighted by molar-refractivity contribution is 7.99. The number of carbonyl (C=O) groups excluding carboxylic acids is 1. The third-order valence-corrected chi connectivity index (χ3v) is 3.51. The third-order valence-electron chi connectivity index (χ3n) is 2.56. The van der Waals surface area contributed by atoms with Crippen LogP contribution < -0.4 is 0 Å². The van der Waals surface area contributed by atoms with E-state index in [1.807, 2.05) is 30.3 Å². The molecule has 0 aliphatic rings. The summed E-state index contributed by atoms with van der Waals surface area (Å²) in [6.07, 6.45) is 6.01. The Kier molecular flexibility index (Phi) is 7.30. The molecule has 20 heavy (non-hydrogen) atoms. The number of carboxylic acid groups (broad SMARTS) is 1. The van der Waals surface area contributed by atoms with Crippen molar-refractivity contribution >= 4 is 23.6 Å². The van der Waals surface area contributed by atoms with Gasteiger partial charge in [-0.05, 0) is 17.7 Å². The van der Waals surface area contributed by atoms with E-state index in [1.54, 1.807) is 0 Å². The maximum atomic E-state index is 11.8. The van der Waals surface area contributed by atoms with Crippen LogP contribution in [0.4, 0.5) is 0 Å². The van der Waals surface area contributed by atoms with E-state index in [0.717, 1.165) is 12.2 Å². The van der Waals surface area contributed by atoms with Crippen molar-refractivity contribution in [2.24, 2.45) is 0 Å². The molecule has 4 nitrogen and oxygen atoms in total. The van der Waals surface area contributed by atoms with Gasteiger partial charge in [-0.2, -0.15) is 11.8 Å². The minimum absolute atomic E-state index is 0.0321. The Balaban J connectivity index is 2.30. The number of carboxylic acids is 1. The van der Waals surface area contributed by atoms with Gasteiger partial charge in [-0.1, -0.05) is 36.3 Å². The van der Waals surface area contributed by atoms with Gasteiger partial charge < -0.3 is 10.0 Å². The molecule has 0 unspecified atom stereocenters. The number of terminal acetylenes is 1. The number of aliphatic carboxylic acids is 1. The molecule has 0 bridgehead atoms. The maximum absolute atomic E-state index is 11.8. The Bertz CT molecular complexity index is 482. The predicted molar refractivity (Wildman–Crippen MR) is 80.5 cm³/mol. The van der Waals surface area contributed by atoms with Crippen molar-refractivity contribution in [1.29, 1.82) is 0 Å². The molecular formula is C15H17NO3S. The van der Waals surface area contributed by atoms with E-state index in [2.05, 4.69) is 5.92 Å². The SMILES string of the molecule is C#CCN(CC(=O)O)C(=O)CSCCc1ccccc1. The second-order valence-electron chi connectivity index (χ2n) is 4.14. The highest BCUT2D eigenvalue weighted by atomic mass is 32.2. The maximum Gasteiger partial charge on any atom is 0.323 e. The quantitative estimate of drug-likeness (QED) is 0.582. The van der Waals surface area contributed by atoms with Gasteiger partial charge in [0.15, 0.2) is 0 Å². The van der Waals surface area contributed by atoms with Crippen LogP contribution in [0.1, 0.15) is 5.56 Å². The Morgan fingerprint density at radius 3 is 2.60 bits per heavy atom. The van der Waals surface area contributed by atoms with Gasteiger partial charge >= 0.3 is 5.97 Å². The van der Waals surface area contributed by atoms with E-state index in [-0.39, 0.29) is 24.7 Å². The number of hydrogen-bond donors (Lipinski definition) is 1. The molecule has 0 aliphatic heterocycles. The summed E-state index contributed by atoms with van der Waals surface area (Å²) in [7, 11) is 0. The second-order valence-corrected chi connectivity index (χ2v) is 5.24. The van der Waals surface area contributed by atoms with Crippen LogP contribution in [0, 0.1) is 12.3 Å². The summed E-state index contributed by atoms with van der Waals surface area (Å²) in [5, 5.41) is 8.71.